The molecule has 2 atom stereocenters. The predicted octanol–water partition coefficient (Wildman–Crippen LogP) is -0.0999. The first-order valence-electron chi connectivity index (χ1n) is 5.14. The molecule has 0 saturated carbocycles. The maximum absolute atomic E-state index is 11.8. The lowest BCUT2D eigenvalue weighted by molar-refractivity contribution is -0.140. The van der Waals surface area contributed by atoms with Crippen molar-refractivity contribution in [2.45, 2.75) is 31.9 Å². The van der Waals surface area contributed by atoms with Crippen LogP contribution in [0.15, 0.2) is 0 Å². The summed E-state index contributed by atoms with van der Waals surface area (Å²) in [6, 6.07) is -1.05. The van der Waals surface area contributed by atoms with Crippen LogP contribution in [0.1, 0.15) is 19.8 Å². The Hall–Kier alpha value is -0.660. The minimum Gasteiger partial charge on any atom is -0.480 e. The number of carboxylic acid groups (broad SMARTS) is 1. The summed E-state index contributed by atoms with van der Waals surface area (Å²) >= 11 is 0. The van der Waals surface area contributed by atoms with E-state index in [1.165, 1.54) is 14.0 Å². The summed E-state index contributed by atoms with van der Waals surface area (Å²) < 4.78 is 29.7. The molecule has 1 aliphatic heterocycles. The van der Waals surface area contributed by atoms with Gasteiger partial charge in [-0.1, -0.05) is 0 Å². The average Bonchev–Trinajstić information content (AvgIpc) is 2.67. The second-order valence-electron chi connectivity index (χ2n) is 3.94. The molecule has 7 heteroatoms. The van der Waals surface area contributed by atoms with Crippen LogP contribution in [0.5, 0.6) is 0 Å². The molecule has 16 heavy (non-hydrogen) atoms. The van der Waals surface area contributed by atoms with E-state index in [4.69, 9.17) is 9.84 Å². The number of hydrogen-bond acceptors (Lipinski definition) is 4. The van der Waals surface area contributed by atoms with Crippen LogP contribution in [0.25, 0.3) is 0 Å². The Morgan fingerprint density at radius 1 is 1.62 bits per heavy atom. The van der Waals surface area contributed by atoms with E-state index >= 15 is 0 Å². The van der Waals surface area contributed by atoms with Gasteiger partial charge in [0.15, 0.2) is 0 Å². The standard InChI is InChI=1S/C9H17NO5S/c1-7(9(11)12)10(2)16(13,14)6-8-4-3-5-15-8/h7-8H,3-6H2,1-2H3,(H,11,12). The average molecular weight is 251 g/mol. The fraction of sp³-hybridized carbons (Fsp3) is 0.889. The first-order chi connectivity index (χ1) is 7.34. The molecule has 1 aliphatic rings. The second-order valence-corrected chi connectivity index (χ2v) is 6.02. The molecule has 1 heterocycles. The maximum atomic E-state index is 11.8. The SMILES string of the molecule is CC(C(=O)O)N(C)S(=O)(=O)CC1CCCO1. The molecule has 0 aromatic rings. The van der Waals surface area contributed by atoms with Crippen molar-refractivity contribution in [2.24, 2.45) is 0 Å². The Morgan fingerprint density at radius 2 is 2.25 bits per heavy atom. The topological polar surface area (TPSA) is 83.9 Å². The van der Waals surface area contributed by atoms with Crippen molar-refractivity contribution < 1.29 is 23.1 Å². The molecule has 1 N–H and O–H groups in total. The van der Waals surface area contributed by atoms with Crippen molar-refractivity contribution in [1.82, 2.24) is 4.31 Å². The quantitative estimate of drug-likeness (QED) is 0.737. The van der Waals surface area contributed by atoms with E-state index in [0.717, 1.165) is 10.7 Å². The number of carbonyl (C=O) groups is 1. The molecule has 6 nitrogen and oxygen atoms in total. The Morgan fingerprint density at radius 3 is 2.69 bits per heavy atom. The van der Waals surface area contributed by atoms with Gasteiger partial charge < -0.3 is 9.84 Å². The van der Waals surface area contributed by atoms with Gasteiger partial charge in [-0.2, -0.15) is 4.31 Å². The molecule has 0 aromatic carbocycles. The number of nitrogens with zero attached hydrogens (tertiary/aromatic N) is 1. The molecule has 0 aliphatic carbocycles. The highest BCUT2D eigenvalue weighted by Gasteiger charge is 2.31. The summed E-state index contributed by atoms with van der Waals surface area (Å²) in [5, 5.41) is 8.74. The lowest BCUT2D eigenvalue weighted by Crippen LogP contribution is -2.43. The zero-order valence-corrected chi connectivity index (χ0v) is 10.2. The first-order valence-corrected chi connectivity index (χ1v) is 6.75. The van der Waals surface area contributed by atoms with E-state index in [1.807, 2.05) is 0 Å². The van der Waals surface area contributed by atoms with Crippen molar-refractivity contribution in [3.63, 3.8) is 0 Å². The number of sulfonamides is 1. The van der Waals surface area contributed by atoms with Gasteiger partial charge in [-0.05, 0) is 19.8 Å². The van der Waals surface area contributed by atoms with E-state index < -0.39 is 22.0 Å². The van der Waals surface area contributed by atoms with Gasteiger partial charge in [-0.25, -0.2) is 8.42 Å². The Bertz CT molecular complexity index is 347. The van der Waals surface area contributed by atoms with Crippen molar-refractivity contribution in [3.05, 3.63) is 0 Å². The molecule has 2 unspecified atom stereocenters. The molecule has 1 fully saturated rings. The molecule has 0 bridgehead atoms. The number of ether oxygens (including phenoxy) is 1. The van der Waals surface area contributed by atoms with Crippen LogP contribution in [-0.4, -0.2) is 55.4 Å². The third-order valence-electron chi connectivity index (χ3n) is 2.76. The van der Waals surface area contributed by atoms with Crippen molar-refractivity contribution in [1.29, 1.82) is 0 Å². The largest absolute Gasteiger partial charge is 0.480 e. The van der Waals surface area contributed by atoms with Gasteiger partial charge in [0, 0.05) is 13.7 Å². The van der Waals surface area contributed by atoms with Gasteiger partial charge in [-0.3, -0.25) is 4.79 Å². The molecular formula is C9H17NO5S. The number of hydrogen-bond donors (Lipinski definition) is 1. The molecular weight excluding hydrogens is 234 g/mol. The smallest absolute Gasteiger partial charge is 0.321 e. The molecule has 0 aromatic heterocycles. The maximum Gasteiger partial charge on any atom is 0.321 e. The summed E-state index contributed by atoms with van der Waals surface area (Å²) in [5.74, 6) is -1.29. The fourth-order valence-corrected chi connectivity index (χ4v) is 3.06. The predicted molar refractivity (Wildman–Crippen MR) is 57.6 cm³/mol. The summed E-state index contributed by atoms with van der Waals surface area (Å²) in [7, 11) is -2.28. The fourth-order valence-electron chi connectivity index (χ4n) is 1.52. The highest BCUT2D eigenvalue weighted by molar-refractivity contribution is 7.89. The van der Waals surface area contributed by atoms with Gasteiger partial charge in [0.25, 0.3) is 0 Å². The molecule has 1 rings (SSSR count). The third-order valence-corrected chi connectivity index (χ3v) is 4.75. The normalized spacial score (nSPS) is 23.6. The Balaban J connectivity index is 2.65. The Labute approximate surface area is 95.2 Å². The lowest BCUT2D eigenvalue weighted by Gasteiger charge is -2.22. The van der Waals surface area contributed by atoms with Crippen LogP contribution in [-0.2, 0) is 19.6 Å². The Kier molecular flexibility index (Phi) is 4.28. The van der Waals surface area contributed by atoms with Crippen LogP contribution >= 0.6 is 0 Å². The highest BCUT2D eigenvalue weighted by Crippen LogP contribution is 2.16. The minimum absolute atomic E-state index is 0.138. The minimum atomic E-state index is -3.56. The monoisotopic (exact) mass is 251 g/mol. The summed E-state index contributed by atoms with van der Waals surface area (Å²) in [6.45, 7) is 1.92. The first kappa shape index (κ1) is 13.4. The second kappa shape index (κ2) is 5.11. The zero-order valence-electron chi connectivity index (χ0n) is 9.42. The van der Waals surface area contributed by atoms with Crippen LogP contribution in [0.2, 0.25) is 0 Å². The zero-order chi connectivity index (χ0) is 12.3. The number of aliphatic carboxylic acids is 1. The third kappa shape index (κ3) is 3.16. The summed E-state index contributed by atoms with van der Waals surface area (Å²) in [6.07, 6.45) is 1.28. The van der Waals surface area contributed by atoms with Crippen LogP contribution in [0, 0.1) is 0 Å². The van der Waals surface area contributed by atoms with E-state index in [1.54, 1.807) is 0 Å². The van der Waals surface area contributed by atoms with Gasteiger partial charge in [0.1, 0.15) is 6.04 Å². The highest BCUT2D eigenvalue weighted by atomic mass is 32.2. The van der Waals surface area contributed by atoms with Crippen molar-refractivity contribution >= 4 is 16.0 Å². The van der Waals surface area contributed by atoms with Gasteiger partial charge in [0.2, 0.25) is 10.0 Å². The van der Waals surface area contributed by atoms with E-state index in [9.17, 15) is 13.2 Å². The van der Waals surface area contributed by atoms with Crippen LogP contribution < -0.4 is 0 Å². The van der Waals surface area contributed by atoms with Crippen molar-refractivity contribution in [3.8, 4) is 0 Å². The van der Waals surface area contributed by atoms with E-state index in [2.05, 4.69) is 0 Å². The summed E-state index contributed by atoms with van der Waals surface area (Å²) in [5.41, 5.74) is 0. The molecule has 0 radical (unpaired) electrons. The van der Waals surface area contributed by atoms with E-state index in [0.29, 0.717) is 13.0 Å². The number of likely N-dealkylation sites (N-methyl/N-ethyl adjacent to an activating group) is 1. The lowest BCUT2D eigenvalue weighted by atomic mass is 10.3. The van der Waals surface area contributed by atoms with Crippen LogP contribution in [0.3, 0.4) is 0 Å². The van der Waals surface area contributed by atoms with Gasteiger partial charge in [0.05, 0.1) is 11.9 Å². The number of rotatable bonds is 5. The molecule has 1 saturated heterocycles. The van der Waals surface area contributed by atoms with E-state index in [-0.39, 0.29) is 11.9 Å². The summed E-state index contributed by atoms with van der Waals surface area (Å²) in [4.78, 5) is 10.7. The number of carboxylic acids is 1. The van der Waals surface area contributed by atoms with Crippen LogP contribution in [0.4, 0.5) is 0 Å². The van der Waals surface area contributed by atoms with Crippen molar-refractivity contribution in [2.75, 3.05) is 19.4 Å². The van der Waals surface area contributed by atoms with Gasteiger partial charge >= 0.3 is 5.97 Å². The van der Waals surface area contributed by atoms with Gasteiger partial charge in [-0.15, -0.1) is 0 Å². The molecule has 0 spiro atoms. The molecule has 94 valence electrons. The molecule has 0 amide bonds.